The molecular formula is C27H33ClN2O6. The molecule has 36 heavy (non-hydrogen) atoms. The Morgan fingerprint density at radius 2 is 1.67 bits per heavy atom. The lowest BCUT2D eigenvalue weighted by molar-refractivity contribution is -0.140. The molecule has 1 heterocycles. The fourth-order valence-electron chi connectivity index (χ4n) is 4.46. The molecule has 0 unspecified atom stereocenters. The monoisotopic (exact) mass is 516 g/mol. The first-order valence-electron chi connectivity index (χ1n) is 11.9. The molecule has 9 heteroatoms. The van der Waals surface area contributed by atoms with E-state index in [0.29, 0.717) is 41.3 Å². The molecule has 0 aliphatic carbocycles. The standard InChI is InChI=1S/C27H33ClN2O6/c1-6-29(7-2)13-8-14-30-24(19-16-18(34-3)10-12-21(19)35-4)23(26(32)27(30)33)25(31)17-9-11-22(36-5)20(28)15-17/h9-12,15-16,24,31H,6-8,13-14H2,1-5H3/t24-/m0/s1. The molecule has 1 atom stereocenters. The van der Waals surface area contributed by atoms with E-state index in [9.17, 15) is 14.7 Å². The summed E-state index contributed by atoms with van der Waals surface area (Å²) in [4.78, 5) is 30.4. The number of hydrogen-bond donors (Lipinski definition) is 1. The van der Waals surface area contributed by atoms with Crippen LogP contribution in [0.15, 0.2) is 42.0 Å². The number of carbonyl (C=O) groups is 2. The number of likely N-dealkylation sites (tertiary alicyclic amines) is 1. The predicted octanol–water partition coefficient (Wildman–Crippen LogP) is 4.52. The van der Waals surface area contributed by atoms with Gasteiger partial charge in [0.1, 0.15) is 23.0 Å². The summed E-state index contributed by atoms with van der Waals surface area (Å²) in [6.45, 7) is 7.04. The zero-order valence-electron chi connectivity index (χ0n) is 21.3. The lowest BCUT2D eigenvalue weighted by atomic mass is 9.94. The van der Waals surface area contributed by atoms with Gasteiger partial charge in [-0.1, -0.05) is 25.4 Å². The van der Waals surface area contributed by atoms with Crippen LogP contribution in [0.4, 0.5) is 0 Å². The number of aliphatic hydroxyl groups is 1. The maximum atomic E-state index is 13.3. The predicted molar refractivity (Wildman–Crippen MR) is 139 cm³/mol. The molecular weight excluding hydrogens is 484 g/mol. The number of rotatable bonds is 11. The molecule has 8 nitrogen and oxygen atoms in total. The van der Waals surface area contributed by atoms with E-state index in [2.05, 4.69) is 18.7 Å². The Morgan fingerprint density at radius 1 is 1.00 bits per heavy atom. The maximum absolute atomic E-state index is 13.3. The molecule has 0 saturated carbocycles. The van der Waals surface area contributed by atoms with Gasteiger partial charge < -0.3 is 29.1 Å². The van der Waals surface area contributed by atoms with Gasteiger partial charge in [0.25, 0.3) is 11.7 Å². The maximum Gasteiger partial charge on any atom is 0.295 e. The highest BCUT2D eigenvalue weighted by Gasteiger charge is 2.47. The van der Waals surface area contributed by atoms with Gasteiger partial charge in [0, 0.05) is 17.7 Å². The summed E-state index contributed by atoms with van der Waals surface area (Å²) in [6, 6.07) is 9.00. The number of ether oxygens (including phenoxy) is 3. The highest BCUT2D eigenvalue weighted by atomic mass is 35.5. The number of halogens is 1. The van der Waals surface area contributed by atoms with Crippen molar-refractivity contribution in [2.45, 2.75) is 26.3 Å². The average Bonchev–Trinajstić information content (AvgIpc) is 3.15. The first-order chi connectivity index (χ1) is 17.3. The third-order valence-electron chi connectivity index (χ3n) is 6.46. The van der Waals surface area contributed by atoms with Gasteiger partial charge in [0.05, 0.1) is 38.0 Å². The molecule has 1 aliphatic rings. The second-order valence-corrected chi connectivity index (χ2v) is 8.74. The van der Waals surface area contributed by atoms with E-state index >= 15 is 0 Å². The molecule has 1 saturated heterocycles. The lowest BCUT2D eigenvalue weighted by Gasteiger charge is -2.28. The largest absolute Gasteiger partial charge is 0.507 e. The third kappa shape index (κ3) is 5.44. The van der Waals surface area contributed by atoms with Gasteiger partial charge in [0.15, 0.2) is 0 Å². The number of nitrogens with zero attached hydrogens (tertiary/aromatic N) is 2. The van der Waals surface area contributed by atoms with E-state index in [4.69, 9.17) is 25.8 Å². The molecule has 3 rings (SSSR count). The molecule has 1 aliphatic heterocycles. The van der Waals surface area contributed by atoms with E-state index in [0.717, 1.165) is 19.6 Å². The van der Waals surface area contributed by atoms with Crippen molar-refractivity contribution in [2.24, 2.45) is 0 Å². The van der Waals surface area contributed by atoms with Crippen LogP contribution < -0.4 is 14.2 Å². The van der Waals surface area contributed by atoms with E-state index in [1.54, 1.807) is 30.3 Å². The van der Waals surface area contributed by atoms with Crippen LogP contribution in [0.3, 0.4) is 0 Å². The minimum absolute atomic E-state index is 0.0318. The topological polar surface area (TPSA) is 88.5 Å². The third-order valence-corrected chi connectivity index (χ3v) is 6.76. The van der Waals surface area contributed by atoms with E-state index in [-0.39, 0.29) is 16.4 Å². The molecule has 0 radical (unpaired) electrons. The number of aliphatic hydroxyl groups excluding tert-OH is 1. The Balaban J connectivity index is 2.15. The van der Waals surface area contributed by atoms with Gasteiger partial charge in [-0.3, -0.25) is 9.59 Å². The van der Waals surface area contributed by atoms with E-state index in [1.807, 2.05) is 0 Å². The highest BCUT2D eigenvalue weighted by molar-refractivity contribution is 6.46. The molecule has 1 fully saturated rings. The average molecular weight is 517 g/mol. The second-order valence-electron chi connectivity index (χ2n) is 8.33. The van der Waals surface area contributed by atoms with Gasteiger partial charge in [-0.15, -0.1) is 0 Å². The Bertz CT molecular complexity index is 1150. The quantitative estimate of drug-likeness (QED) is 0.267. The fourth-order valence-corrected chi connectivity index (χ4v) is 4.72. The van der Waals surface area contributed by atoms with Gasteiger partial charge in [-0.25, -0.2) is 0 Å². The Morgan fingerprint density at radius 3 is 2.25 bits per heavy atom. The molecule has 0 spiro atoms. The summed E-state index contributed by atoms with van der Waals surface area (Å²) < 4.78 is 16.2. The summed E-state index contributed by atoms with van der Waals surface area (Å²) in [6.07, 6.45) is 0.659. The summed E-state index contributed by atoms with van der Waals surface area (Å²) in [5, 5.41) is 11.6. The van der Waals surface area contributed by atoms with Crippen molar-refractivity contribution in [3.63, 3.8) is 0 Å². The molecule has 194 valence electrons. The van der Waals surface area contributed by atoms with Crippen LogP contribution in [-0.2, 0) is 9.59 Å². The molecule has 1 N–H and O–H groups in total. The molecule has 0 aromatic heterocycles. The van der Waals surface area contributed by atoms with Crippen LogP contribution in [0, 0.1) is 0 Å². The van der Waals surface area contributed by atoms with Crippen molar-refractivity contribution >= 4 is 29.1 Å². The highest BCUT2D eigenvalue weighted by Crippen LogP contribution is 2.44. The van der Waals surface area contributed by atoms with Crippen molar-refractivity contribution < 1.29 is 28.9 Å². The molecule has 2 aromatic rings. The zero-order chi connectivity index (χ0) is 26.4. The summed E-state index contributed by atoms with van der Waals surface area (Å²) in [7, 11) is 4.53. The number of ketones is 1. The lowest BCUT2D eigenvalue weighted by Crippen LogP contribution is -2.33. The Hall–Kier alpha value is -3.23. The van der Waals surface area contributed by atoms with E-state index in [1.165, 1.54) is 32.3 Å². The van der Waals surface area contributed by atoms with Gasteiger partial charge >= 0.3 is 0 Å². The van der Waals surface area contributed by atoms with Gasteiger partial charge in [-0.05, 0) is 62.5 Å². The van der Waals surface area contributed by atoms with Crippen LogP contribution in [0.1, 0.15) is 37.4 Å². The Labute approximate surface area is 217 Å². The van der Waals surface area contributed by atoms with Crippen LogP contribution >= 0.6 is 11.6 Å². The number of Topliss-reactive ketones (excluding diaryl/α,β-unsaturated/α-hetero) is 1. The first kappa shape index (κ1) is 27.4. The minimum atomic E-state index is -0.868. The van der Waals surface area contributed by atoms with Crippen molar-refractivity contribution in [2.75, 3.05) is 47.5 Å². The van der Waals surface area contributed by atoms with Crippen molar-refractivity contribution in [3.05, 3.63) is 58.1 Å². The van der Waals surface area contributed by atoms with E-state index < -0.39 is 17.7 Å². The Kier molecular flexibility index (Phi) is 9.23. The molecule has 0 bridgehead atoms. The normalized spacial score (nSPS) is 17.1. The van der Waals surface area contributed by atoms with Crippen LogP contribution in [-0.4, -0.2) is 74.1 Å². The van der Waals surface area contributed by atoms with Crippen LogP contribution in [0.25, 0.3) is 5.76 Å². The van der Waals surface area contributed by atoms with Crippen LogP contribution in [0.5, 0.6) is 17.2 Å². The van der Waals surface area contributed by atoms with Crippen molar-refractivity contribution in [3.8, 4) is 17.2 Å². The summed E-state index contributed by atoms with van der Waals surface area (Å²) in [5.74, 6) is -0.333. The summed E-state index contributed by atoms with van der Waals surface area (Å²) >= 11 is 6.28. The summed E-state index contributed by atoms with van der Waals surface area (Å²) in [5.41, 5.74) is 0.810. The number of benzene rings is 2. The van der Waals surface area contributed by atoms with Crippen LogP contribution in [0.2, 0.25) is 5.02 Å². The minimum Gasteiger partial charge on any atom is -0.507 e. The number of methoxy groups -OCH3 is 3. The number of carbonyl (C=O) groups excluding carboxylic acids is 2. The zero-order valence-corrected chi connectivity index (χ0v) is 22.1. The van der Waals surface area contributed by atoms with Gasteiger partial charge in [-0.2, -0.15) is 0 Å². The van der Waals surface area contributed by atoms with Crippen molar-refractivity contribution in [1.82, 2.24) is 9.80 Å². The van der Waals surface area contributed by atoms with Crippen molar-refractivity contribution in [1.29, 1.82) is 0 Å². The molecule has 2 aromatic carbocycles. The fraction of sp³-hybridized carbons (Fsp3) is 0.407. The number of amides is 1. The molecule has 1 amide bonds. The SMILES string of the molecule is CCN(CC)CCCN1C(=O)C(=O)C(=C(O)c2ccc(OC)c(Cl)c2)[C@@H]1c1cc(OC)ccc1OC. The second kappa shape index (κ2) is 12.1. The smallest absolute Gasteiger partial charge is 0.295 e. The first-order valence-corrected chi connectivity index (χ1v) is 12.3. The van der Waals surface area contributed by atoms with Gasteiger partial charge in [0.2, 0.25) is 0 Å². The number of hydrogen-bond acceptors (Lipinski definition) is 7.